The van der Waals surface area contributed by atoms with Crippen molar-refractivity contribution in [2.45, 2.75) is 18.5 Å². The zero-order chi connectivity index (χ0) is 14.8. The summed E-state index contributed by atoms with van der Waals surface area (Å²) in [6.45, 7) is 2.51. The van der Waals surface area contributed by atoms with Gasteiger partial charge in [0.2, 0.25) is 0 Å². The van der Waals surface area contributed by atoms with Gasteiger partial charge in [-0.1, -0.05) is 19.1 Å². The number of aromatic nitrogens is 2. The number of benzene rings is 1. The summed E-state index contributed by atoms with van der Waals surface area (Å²) < 4.78 is 27.9. The van der Waals surface area contributed by atoms with Gasteiger partial charge in [0.15, 0.2) is 5.03 Å². The molecule has 0 radical (unpaired) electrons. The molecule has 108 valence electrons. The van der Waals surface area contributed by atoms with Gasteiger partial charge >= 0.3 is 0 Å². The van der Waals surface area contributed by atoms with Crippen molar-refractivity contribution in [3.05, 3.63) is 42.1 Å². The van der Waals surface area contributed by atoms with Crippen LogP contribution in [0.5, 0.6) is 0 Å². The van der Waals surface area contributed by atoms with Gasteiger partial charge in [-0.3, -0.25) is 4.68 Å². The van der Waals surface area contributed by atoms with E-state index in [-0.39, 0.29) is 5.03 Å². The van der Waals surface area contributed by atoms with Crippen LogP contribution in [0, 0.1) is 0 Å². The number of hydrogen-bond donors (Lipinski definition) is 1. The Morgan fingerprint density at radius 2 is 1.90 bits per heavy atom. The van der Waals surface area contributed by atoms with E-state index in [1.165, 1.54) is 21.3 Å². The number of rotatable bonds is 5. The lowest BCUT2D eigenvalue weighted by molar-refractivity contribution is 0.417. The number of aryl methyl sites for hydroxylation is 1. The monoisotopic (exact) mass is 294 g/mol. The molecule has 0 amide bonds. The molecule has 6 nitrogen and oxygen atoms in total. The maximum atomic E-state index is 12.6. The average molecular weight is 294 g/mol. The van der Waals surface area contributed by atoms with Crippen molar-refractivity contribution in [1.82, 2.24) is 14.1 Å². The van der Waals surface area contributed by atoms with Gasteiger partial charge in [-0.15, -0.1) is 0 Å². The normalized spacial score (nSPS) is 11.9. The minimum Gasteiger partial charge on any atom is -0.399 e. The van der Waals surface area contributed by atoms with Gasteiger partial charge in [-0.2, -0.15) is 9.40 Å². The van der Waals surface area contributed by atoms with Crippen LogP contribution in [-0.4, -0.2) is 29.0 Å². The number of nitrogens with zero attached hydrogens (tertiary/aromatic N) is 3. The Morgan fingerprint density at radius 3 is 2.40 bits per heavy atom. The molecule has 0 spiro atoms. The maximum Gasteiger partial charge on any atom is 0.260 e. The number of nitrogens with two attached hydrogens (primary N) is 1. The Kier molecular flexibility index (Phi) is 4.10. The fraction of sp³-hybridized carbons (Fsp3) is 0.308. The minimum absolute atomic E-state index is 0.190. The van der Waals surface area contributed by atoms with Crippen LogP contribution in [0.25, 0.3) is 0 Å². The van der Waals surface area contributed by atoms with Gasteiger partial charge in [0.05, 0.1) is 6.20 Å². The minimum atomic E-state index is -3.54. The number of anilines is 1. The number of sulfonamides is 1. The first-order chi connectivity index (χ1) is 9.45. The van der Waals surface area contributed by atoms with Gasteiger partial charge in [0, 0.05) is 25.8 Å². The second-order valence-corrected chi connectivity index (χ2v) is 6.35. The summed E-state index contributed by atoms with van der Waals surface area (Å²) in [5, 5.41) is 4.10. The van der Waals surface area contributed by atoms with E-state index in [1.54, 1.807) is 19.2 Å². The molecule has 20 heavy (non-hydrogen) atoms. The lowest BCUT2D eigenvalue weighted by atomic mass is 10.2. The van der Waals surface area contributed by atoms with Crippen molar-refractivity contribution in [3.63, 3.8) is 0 Å². The predicted molar refractivity (Wildman–Crippen MR) is 77.3 cm³/mol. The van der Waals surface area contributed by atoms with Crippen molar-refractivity contribution in [3.8, 4) is 0 Å². The fourth-order valence-corrected chi connectivity index (χ4v) is 3.48. The van der Waals surface area contributed by atoms with Crippen LogP contribution in [0.4, 0.5) is 5.69 Å². The first kappa shape index (κ1) is 14.5. The van der Waals surface area contributed by atoms with E-state index in [0.29, 0.717) is 18.8 Å². The van der Waals surface area contributed by atoms with Crippen molar-refractivity contribution >= 4 is 15.7 Å². The highest BCUT2D eigenvalue weighted by atomic mass is 32.2. The molecule has 1 heterocycles. The summed E-state index contributed by atoms with van der Waals surface area (Å²) in [7, 11) is -1.93. The summed E-state index contributed by atoms with van der Waals surface area (Å²) in [4.78, 5) is 0. The molecule has 0 aliphatic heterocycles. The molecular formula is C13H18N4O2S. The number of nitrogen functional groups attached to an aromatic ring is 1. The molecule has 0 aliphatic carbocycles. The summed E-state index contributed by atoms with van der Waals surface area (Å²) in [6.07, 6.45) is 1.48. The van der Waals surface area contributed by atoms with E-state index in [9.17, 15) is 8.42 Å². The Morgan fingerprint density at radius 1 is 1.25 bits per heavy atom. The van der Waals surface area contributed by atoms with Crippen LogP contribution in [0.1, 0.15) is 12.5 Å². The Balaban J connectivity index is 2.28. The molecule has 0 saturated heterocycles. The molecule has 2 rings (SSSR count). The molecule has 1 aromatic carbocycles. The maximum absolute atomic E-state index is 12.6. The van der Waals surface area contributed by atoms with E-state index in [2.05, 4.69) is 5.10 Å². The van der Waals surface area contributed by atoms with Gasteiger partial charge in [0.1, 0.15) is 0 Å². The molecule has 0 saturated carbocycles. The molecular weight excluding hydrogens is 276 g/mol. The third-order valence-electron chi connectivity index (χ3n) is 3.07. The lowest BCUT2D eigenvalue weighted by Crippen LogP contribution is -2.31. The van der Waals surface area contributed by atoms with Crippen LogP contribution in [0.2, 0.25) is 0 Å². The average Bonchev–Trinajstić information content (AvgIpc) is 2.85. The van der Waals surface area contributed by atoms with E-state index >= 15 is 0 Å². The highest BCUT2D eigenvalue weighted by Crippen LogP contribution is 2.17. The Labute approximate surface area is 118 Å². The van der Waals surface area contributed by atoms with E-state index in [0.717, 1.165) is 5.56 Å². The molecule has 2 N–H and O–H groups in total. The second-order valence-electron chi connectivity index (χ2n) is 4.47. The zero-order valence-electron chi connectivity index (χ0n) is 11.5. The molecule has 0 fully saturated rings. The smallest absolute Gasteiger partial charge is 0.260 e. The molecule has 0 aliphatic rings. The first-order valence-electron chi connectivity index (χ1n) is 6.27. The summed E-state index contributed by atoms with van der Waals surface area (Å²) in [6, 6.07) is 8.69. The zero-order valence-corrected chi connectivity index (χ0v) is 12.3. The van der Waals surface area contributed by atoms with Gasteiger partial charge in [-0.05, 0) is 23.8 Å². The Hall–Kier alpha value is -1.86. The number of hydrogen-bond acceptors (Lipinski definition) is 4. The SMILES string of the molecule is CCN(Cc1ccc(N)cc1)S(=O)(=O)c1ccnn1C. The quantitative estimate of drug-likeness (QED) is 0.841. The van der Waals surface area contributed by atoms with Gasteiger partial charge in [-0.25, -0.2) is 8.42 Å². The summed E-state index contributed by atoms with van der Waals surface area (Å²) in [5.41, 5.74) is 7.18. The molecule has 0 bridgehead atoms. The van der Waals surface area contributed by atoms with Crippen LogP contribution < -0.4 is 5.73 Å². The van der Waals surface area contributed by atoms with Gasteiger partial charge < -0.3 is 5.73 Å². The Bertz CT molecular complexity index is 677. The molecule has 0 atom stereocenters. The summed E-state index contributed by atoms with van der Waals surface area (Å²) in [5.74, 6) is 0. The third kappa shape index (κ3) is 2.83. The lowest BCUT2D eigenvalue weighted by Gasteiger charge is -2.20. The van der Waals surface area contributed by atoms with Crippen LogP contribution in [0.3, 0.4) is 0 Å². The van der Waals surface area contributed by atoms with Crippen molar-refractivity contribution in [2.24, 2.45) is 7.05 Å². The largest absolute Gasteiger partial charge is 0.399 e. The summed E-state index contributed by atoms with van der Waals surface area (Å²) >= 11 is 0. The van der Waals surface area contributed by atoms with Crippen LogP contribution in [0.15, 0.2) is 41.6 Å². The standard InChI is InChI=1S/C13H18N4O2S/c1-3-17(10-11-4-6-12(14)7-5-11)20(18,19)13-8-9-15-16(13)2/h4-9H,3,10,14H2,1-2H3. The van der Waals surface area contributed by atoms with Crippen LogP contribution in [-0.2, 0) is 23.6 Å². The first-order valence-corrected chi connectivity index (χ1v) is 7.71. The fourth-order valence-electron chi connectivity index (χ4n) is 1.94. The molecule has 1 aromatic heterocycles. The highest BCUT2D eigenvalue weighted by Gasteiger charge is 2.25. The van der Waals surface area contributed by atoms with Crippen molar-refractivity contribution in [2.75, 3.05) is 12.3 Å². The molecule has 0 unspecified atom stereocenters. The van der Waals surface area contributed by atoms with E-state index in [1.807, 2.05) is 19.1 Å². The second kappa shape index (κ2) is 5.64. The van der Waals surface area contributed by atoms with E-state index < -0.39 is 10.0 Å². The predicted octanol–water partition coefficient (Wildman–Crippen LogP) is 1.21. The highest BCUT2D eigenvalue weighted by molar-refractivity contribution is 7.89. The third-order valence-corrected chi connectivity index (χ3v) is 5.07. The van der Waals surface area contributed by atoms with Crippen LogP contribution >= 0.6 is 0 Å². The van der Waals surface area contributed by atoms with Crippen molar-refractivity contribution < 1.29 is 8.42 Å². The van der Waals surface area contributed by atoms with E-state index in [4.69, 9.17) is 5.73 Å². The topological polar surface area (TPSA) is 81.2 Å². The molecule has 7 heteroatoms. The molecule has 2 aromatic rings. The van der Waals surface area contributed by atoms with Gasteiger partial charge in [0.25, 0.3) is 10.0 Å². The van der Waals surface area contributed by atoms with Crippen molar-refractivity contribution in [1.29, 1.82) is 0 Å².